The maximum absolute atomic E-state index is 14.3. The minimum atomic E-state index is -1.20. The number of para-hydroxylation sites is 1. The molecule has 11 heteroatoms. The van der Waals surface area contributed by atoms with Crippen LogP contribution in [0.2, 0.25) is 0 Å². The zero-order chi connectivity index (χ0) is 32.2. The number of amides is 4. The van der Waals surface area contributed by atoms with Crippen LogP contribution in [-0.4, -0.2) is 65.5 Å². The fourth-order valence-corrected chi connectivity index (χ4v) is 7.75. The summed E-state index contributed by atoms with van der Waals surface area (Å²) >= 11 is 0. The van der Waals surface area contributed by atoms with Crippen molar-refractivity contribution in [2.24, 2.45) is 35.0 Å². The number of imide groups is 2. The van der Waals surface area contributed by atoms with E-state index in [1.165, 1.54) is 19.1 Å². The standard InChI is InChI=1S/C34H34N2O9/c1-34-23(12-9-18-15-25(44-2)29(39)26(16-18)45-3)20-10-11-21-28(32(42)35(30(21)40)14-13-27(37)38)22(20)17-24(34)31(41)36(33(34)43)19-7-5-4-6-8-19/h4-10,12,15-16,21-24,28,39H,11,13-14,17H2,1-3H3,(H,37,38). The number of methoxy groups -OCH3 is 2. The van der Waals surface area contributed by atoms with Crippen LogP contribution in [-0.2, 0) is 24.0 Å². The van der Waals surface area contributed by atoms with Gasteiger partial charge in [-0.3, -0.25) is 28.9 Å². The van der Waals surface area contributed by atoms with E-state index in [-0.39, 0.29) is 54.9 Å². The summed E-state index contributed by atoms with van der Waals surface area (Å²) in [6.07, 6.45) is 5.66. The van der Waals surface area contributed by atoms with Gasteiger partial charge in [0.2, 0.25) is 29.4 Å². The Morgan fingerprint density at radius 1 is 1.00 bits per heavy atom. The normalized spacial score (nSPS) is 29.0. The van der Waals surface area contributed by atoms with Crippen LogP contribution < -0.4 is 14.4 Å². The fraction of sp³-hybridized carbons (Fsp3) is 0.382. The van der Waals surface area contributed by atoms with Gasteiger partial charge < -0.3 is 19.7 Å². The number of allylic oxidation sites excluding steroid dienone is 3. The third-order valence-corrected chi connectivity index (χ3v) is 9.99. The number of nitrogens with zero attached hydrogens (tertiary/aromatic N) is 2. The van der Waals surface area contributed by atoms with Crippen LogP contribution in [0.25, 0.3) is 6.08 Å². The van der Waals surface area contributed by atoms with E-state index < -0.39 is 52.8 Å². The van der Waals surface area contributed by atoms with E-state index in [4.69, 9.17) is 9.47 Å². The molecule has 0 bridgehead atoms. The number of carboxylic acid groups (broad SMARTS) is 1. The van der Waals surface area contributed by atoms with Crippen LogP contribution in [0.5, 0.6) is 17.2 Å². The van der Waals surface area contributed by atoms with Crippen molar-refractivity contribution in [1.29, 1.82) is 0 Å². The molecule has 6 unspecified atom stereocenters. The second kappa shape index (κ2) is 11.2. The summed E-state index contributed by atoms with van der Waals surface area (Å²) in [4.78, 5) is 69.0. The second-order valence-corrected chi connectivity index (χ2v) is 12.1. The number of anilines is 1. The van der Waals surface area contributed by atoms with Crippen molar-refractivity contribution >= 4 is 41.4 Å². The van der Waals surface area contributed by atoms with Crippen LogP contribution in [0.4, 0.5) is 5.69 Å². The molecule has 2 heterocycles. The Hall–Kier alpha value is -4.93. The van der Waals surface area contributed by atoms with Crippen molar-refractivity contribution in [3.05, 3.63) is 65.8 Å². The van der Waals surface area contributed by atoms with E-state index in [1.807, 2.05) is 12.2 Å². The number of carbonyl (C=O) groups is 5. The number of carboxylic acids is 1. The molecule has 0 aromatic heterocycles. The van der Waals surface area contributed by atoms with Crippen LogP contribution >= 0.6 is 0 Å². The molecule has 2 aliphatic carbocycles. The Bertz CT molecular complexity index is 1640. The van der Waals surface area contributed by atoms with Crippen molar-refractivity contribution in [1.82, 2.24) is 4.90 Å². The quantitative estimate of drug-likeness (QED) is 0.335. The molecule has 3 fully saturated rings. The SMILES string of the molecule is COc1cc(C=CC2C3=CCC4C(=O)N(CCC(=O)O)C(=O)C4C3CC3C(=O)N(c4ccccc4)C(=O)C23C)cc(OC)c1O. The van der Waals surface area contributed by atoms with Crippen LogP contribution in [0.15, 0.2) is 60.2 Å². The molecule has 2 N–H and O–H groups in total. The van der Waals surface area contributed by atoms with Crippen molar-refractivity contribution < 1.29 is 43.7 Å². The lowest BCUT2D eigenvalue weighted by molar-refractivity contribution is -0.142. The lowest BCUT2D eigenvalue weighted by Gasteiger charge is -2.47. The summed E-state index contributed by atoms with van der Waals surface area (Å²) in [7, 11) is 2.84. The van der Waals surface area contributed by atoms with E-state index in [1.54, 1.807) is 55.5 Å². The number of aliphatic carboxylic acids is 1. The number of phenols is 1. The number of hydrogen-bond donors (Lipinski definition) is 2. The van der Waals surface area contributed by atoms with Gasteiger partial charge in [0.05, 0.1) is 49.5 Å². The number of likely N-dealkylation sites (tertiary alicyclic amines) is 1. The number of rotatable bonds is 8. The van der Waals surface area contributed by atoms with Gasteiger partial charge in [0.15, 0.2) is 11.5 Å². The monoisotopic (exact) mass is 614 g/mol. The molecule has 2 aromatic rings. The largest absolute Gasteiger partial charge is 0.502 e. The van der Waals surface area contributed by atoms with Crippen molar-refractivity contribution in [2.45, 2.75) is 26.2 Å². The van der Waals surface area contributed by atoms with Gasteiger partial charge in [0.25, 0.3) is 0 Å². The molecule has 0 radical (unpaired) electrons. The summed E-state index contributed by atoms with van der Waals surface area (Å²) in [6, 6.07) is 12.0. The van der Waals surface area contributed by atoms with Gasteiger partial charge in [-0.2, -0.15) is 0 Å². The molecule has 4 amide bonds. The van der Waals surface area contributed by atoms with E-state index in [0.29, 0.717) is 11.3 Å². The first-order valence-corrected chi connectivity index (χ1v) is 14.9. The molecule has 4 aliphatic rings. The molecular formula is C34H34N2O9. The van der Waals surface area contributed by atoms with Crippen LogP contribution in [0.1, 0.15) is 31.7 Å². The third kappa shape index (κ3) is 4.60. The fourth-order valence-electron chi connectivity index (χ4n) is 7.75. The maximum atomic E-state index is 14.3. The molecule has 0 spiro atoms. The summed E-state index contributed by atoms with van der Waals surface area (Å²) in [5.41, 5.74) is 0.682. The van der Waals surface area contributed by atoms with Crippen LogP contribution in [0, 0.1) is 35.0 Å². The number of phenolic OH excluding ortho intramolecular Hbond substituents is 1. The molecule has 2 aromatic carbocycles. The average molecular weight is 615 g/mol. The van der Waals surface area contributed by atoms with Gasteiger partial charge >= 0.3 is 5.97 Å². The lowest BCUT2D eigenvalue weighted by atomic mass is 9.52. The third-order valence-electron chi connectivity index (χ3n) is 9.99. The van der Waals surface area contributed by atoms with Crippen LogP contribution in [0.3, 0.4) is 0 Å². The highest BCUT2D eigenvalue weighted by molar-refractivity contribution is 6.24. The predicted octanol–water partition coefficient (Wildman–Crippen LogP) is 3.66. The molecule has 2 aliphatic heterocycles. The highest BCUT2D eigenvalue weighted by Gasteiger charge is 2.66. The number of hydrogen-bond acceptors (Lipinski definition) is 8. The van der Waals surface area contributed by atoms with E-state index >= 15 is 0 Å². The summed E-state index contributed by atoms with van der Waals surface area (Å²) in [6.45, 7) is 1.58. The molecule has 234 valence electrons. The van der Waals surface area contributed by atoms with Crippen molar-refractivity contribution in [2.75, 3.05) is 25.7 Å². The first-order valence-electron chi connectivity index (χ1n) is 14.9. The van der Waals surface area contributed by atoms with E-state index in [2.05, 4.69) is 0 Å². The summed E-state index contributed by atoms with van der Waals surface area (Å²) in [5, 5.41) is 19.6. The van der Waals surface area contributed by atoms with Crippen molar-refractivity contribution in [3.8, 4) is 17.2 Å². The molecule has 45 heavy (non-hydrogen) atoms. The van der Waals surface area contributed by atoms with Gasteiger partial charge in [0, 0.05) is 12.5 Å². The minimum Gasteiger partial charge on any atom is -0.502 e. The summed E-state index contributed by atoms with van der Waals surface area (Å²) < 4.78 is 10.6. The first-order chi connectivity index (χ1) is 21.5. The Kier molecular flexibility index (Phi) is 7.50. The number of ether oxygens (including phenoxy) is 2. The van der Waals surface area contributed by atoms with Crippen molar-refractivity contribution in [3.63, 3.8) is 0 Å². The number of benzene rings is 2. The van der Waals surface area contributed by atoms with E-state index in [0.717, 1.165) is 10.5 Å². The molecule has 2 saturated heterocycles. The Morgan fingerprint density at radius 2 is 1.67 bits per heavy atom. The molecular weight excluding hydrogens is 580 g/mol. The van der Waals surface area contributed by atoms with Gasteiger partial charge in [0.1, 0.15) is 0 Å². The molecule has 1 saturated carbocycles. The Balaban J connectivity index is 1.45. The van der Waals surface area contributed by atoms with Gasteiger partial charge in [-0.05, 0) is 55.5 Å². The Morgan fingerprint density at radius 3 is 2.29 bits per heavy atom. The zero-order valence-corrected chi connectivity index (χ0v) is 25.1. The average Bonchev–Trinajstić information content (AvgIpc) is 3.39. The topological polar surface area (TPSA) is 151 Å². The zero-order valence-electron chi connectivity index (χ0n) is 25.1. The highest BCUT2D eigenvalue weighted by Crippen LogP contribution is 2.61. The minimum absolute atomic E-state index is 0.158. The Labute approximate surface area is 259 Å². The number of fused-ring (bicyclic) bond motifs is 4. The maximum Gasteiger partial charge on any atom is 0.305 e. The number of aromatic hydroxyl groups is 1. The second-order valence-electron chi connectivity index (χ2n) is 12.1. The molecule has 11 nitrogen and oxygen atoms in total. The molecule has 6 atom stereocenters. The number of carbonyl (C=O) groups excluding carboxylic acids is 4. The van der Waals surface area contributed by atoms with Gasteiger partial charge in [-0.1, -0.05) is 42.0 Å². The summed E-state index contributed by atoms with van der Waals surface area (Å²) in [5.74, 6) is -5.73. The smallest absolute Gasteiger partial charge is 0.305 e. The first kappa shape index (κ1) is 30.1. The van der Waals surface area contributed by atoms with Gasteiger partial charge in [-0.15, -0.1) is 0 Å². The molecule has 6 rings (SSSR count). The lowest BCUT2D eigenvalue weighted by Crippen LogP contribution is -2.49. The van der Waals surface area contributed by atoms with E-state index in [9.17, 15) is 34.2 Å². The highest BCUT2D eigenvalue weighted by atomic mass is 16.5. The van der Waals surface area contributed by atoms with Gasteiger partial charge in [-0.25, -0.2) is 4.90 Å². The predicted molar refractivity (Wildman–Crippen MR) is 161 cm³/mol.